The zero-order valence-electron chi connectivity index (χ0n) is 9.73. The van der Waals surface area contributed by atoms with E-state index in [0.717, 1.165) is 0 Å². The molecular formula is C13H10BrFN2O2. The zero-order valence-corrected chi connectivity index (χ0v) is 11.3. The first-order chi connectivity index (χ1) is 9.06. The van der Waals surface area contributed by atoms with Crippen LogP contribution in [0.4, 0.5) is 10.1 Å². The maximum absolute atomic E-state index is 13.5. The van der Waals surface area contributed by atoms with Gasteiger partial charge in [0.15, 0.2) is 0 Å². The molecule has 1 aromatic carbocycles. The Labute approximate surface area is 117 Å². The van der Waals surface area contributed by atoms with Gasteiger partial charge in [-0.25, -0.2) is 9.18 Å². The molecule has 19 heavy (non-hydrogen) atoms. The zero-order chi connectivity index (χ0) is 13.8. The number of pyridine rings is 1. The van der Waals surface area contributed by atoms with Crippen LogP contribution >= 0.6 is 15.9 Å². The Bertz CT molecular complexity index is 602. The third-order valence-corrected chi connectivity index (χ3v) is 2.96. The van der Waals surface area contributed by atoms with E-state index in [-0.39, 0.29) is 11.4 Å². The Morgan fingerprint density at radius 1 is 1.37 bits per heavy atom. The smallest absolute Gasteiger partial charge is 0.337 e. The highest BCUT2D eigenvalue weighted by Crippen LogP contribution is 2.19. The summed E-state index contributed by atoms with van der Waals surface area (Å²) in [7, 11) is 0. The molecule has 0 amide bonds. The Hall–Kier alpha value is -1.95. The summed E-state index contributed by atoms with van der Waals surface area (Å²) < 4.78 is 14.2. The van der Waals surface area contributed by atoms with Crippen LogP contribution in [0.25, 0.3) is 0 Å². The molecule has 0 unspecified atom stereocenters. The third-order valence-electron chi connectivity index (χ3n) is 2.46. The SMILES string of the molecule is O=C(O)c1ccc(CNc2ccc(Br)cc2F)nc1. The van der Waals surface area contributed by atoms with Gasteiger partial charge in [0.25, 0.3) is 0 Å². The summed E-state index contributed by atoms with van der Waals surface area (Å²) in [5.41, 5.74) is 1.12. The van der Waals surface area contributed by atoms with Crippen LogP contribution in [0.1, 0.15) is 16.1 Å². The van der Waals surface area contributed by atoms with Gasteiger partial charge in [0.1, 0.15) is 5.82 Å². The molecule has 0 radical (unpaired) electrons. The first-order valence-electron chi connectivity index (χ1n) is 5.43. The van der Waals surface area contributed by atoms with E-state index < -0.39 is 5.97 Å². The van der Waals surface area contributed by atoms with Crippen LogP contribution in [0, 0.1) is 5.82 Å². The summed E-state index contributed by atoms with van der Waals surface area (Å²) in [5, 5.41) is 11.6. The molecule has 2 aromatic rings. The first kappa shape index (κ1) is 13.5. The minimum absolute atomic E-state index is 0.124. The number of aromatic carboxylic acids is 1. The summed E-state index contributed by atoms with van der Waals surface area (Å²) in [5.74, 6) is -1.39. The van der Waals surface area contributed by atoms with Crippen LogP contribution in [-0.2, 0) is 6.54 Å². The largest absolute Gasteiger partial charge is 0.478 e. The van der Waals surface area contributed by atoms with Gasteiger partial charge >= 0.3 is 5.97 Å². The van der Waals surface area contributed by atoms with Crippen LogP contribution < -0.4 is 5.32 Å². The molecule has 0 atom stereocenters. The van der Waals surface area contributed by atoms with E-state index in [0.29, 0.717) is 22.4 Å². The average Bonchev–Trinajstić information content (AvgIpc) is 2.38. The van der Waals surface area contributed by atoms with Gasteiger partial charge < -0.3 is 10.4 Å². The number of nitrogens with one attached hydrogen (secondary N) is 1. The lowest BCUT2D eigenvalue weighted by Gasteiger charge is -2.07. The fraction of sp³-hybridized carbons (Fsp3) is 0.0769. The highest BCUT2D eigenvalue weighted by Gasteiger charge is 2.05. The molecule has 0 aliphatic rings. The number of carboxylic acid groups (broad SMARTS) is 1. The number of benzene rings is 1. The minimum Gasteiger partial charge on any atom is -0.478 e. The summed E-state index contributed by atoms with van der Waals surface area (Å²) in [6.07, 6.45) is 1.28. The Kier molecular flexibility index (Phi) is 4.11. The lowest BCUT2D eigenvalue weighted by atomic mass is 10.2. The Balaban J connectivity index is 2.04. The molecule has 6 heteroatoms. The fourth-order valence-electron chi connectivity index (χ4n) is 1.47. The van der Waals surface area contributed by atoms with Crippen molar-refractivity contribution in [2.45, 2.75) is 6.54 Å². The molecule has 2 N–H and O–H groups in total. The molecule has 0 saturated heterocycles. The molecular weight excluding hydrogens is 315 g/mol. The van der Waals surface area contributed by atoms with Gasteiger partial charge in [-0.1, -0.05) is 15.9 Å². The quantitative estimate of drug-likeness (QED) is 0.905. The molecule has 2 rings (SSSR count). The van der Waals surface area contributed by atoms with E-state index in [1.165, 1.54) is 18.3 Å². The van der Waals surface area contributed by atoms with Gasteiger partial charge in [-0.15, -0.1) is 0 Å². The second-order valence-electron chi connectivity index (χ2n) is 3.82. The minimum atomic E-state index is -1.02. The maximum atomic E-state index is 13.5. The molecule has 0 spiro atoms. The molecule has 0 aliphatic heterocycles. The standard InChI is InChI=1S/C13H10BrFN2O2/c14-9-2-4-12(11(15)5-9)17-7-10-3-1-8(6-16-10)13(18)19/h1-6,17H,7H2,(H,18,19). The van der Waals surface area contributed by atoms with Crippen LogP contribution in [-0.4, -0.2) is 16.1 Å². The summed E-state index contributed by atoms with van der Waals surface area (Å²) >= 11 is 3.18. The normalized spacial score (nSPS) is 10.2. The van der Waals surface area contributed by atoms with Crippen molar-refractivity contribution in [3.8, 4) is 0 Å². The molecule has 98 valence electrons. The van der Waals surface area contributed by atoms with Crippen LogP contribution in [0.3, 0.4) is 0 Å². The average molecular weight is 325 g/mol. The summed E-state index contributed by atoms with van der Waals surface area (Å²) in [6.45, 7) is 0.318. The van der Waals surface area contributed by atoms with Crippen molar-refractivity contribution in [1.29, 1.82) is 0 Å². The Morgan fingerprint density at radius 2 is 2.16 bits per heavy atom. The van der Waals surface area contributed by atoms with E-state index in [9.17, 15) is 9.18 Å². The number of hydrogen-bond donors (Lipinski definition) is 2. The van der Waals surface area contributed by atoms with Crippen molar-refractivity contribution in [1.82, 2.24) is 4.98 Å². The van der Waals surface area contributed by atoms with Crippen molar-refractivity contribution in [3.05, 3.63) is 58.1 Å². The summed E-state index contributed by atoms with van der Waals surface area (Å²) in [6, 6.07) is 7.76. The fourth-order valence-corrected chi connectivity index (χ4v) is 1.81. The number of aromatic nitrogens is 1. The number of rotatable bonds is 4. The van der Waals surface area contributed by atoms with Gasteiger partial charge in [-0.2, -0.15) is 0 Å². The van der Waals surface area contributed by atoms with Gasteiger partial charge in [0, 0.05) is 10.7 Å². The molecule has 1 heterocycles. The number of halogens is 2. The second kappa shape index (κ2) is 5.79. The van der Waals surface area contributed by atoms with Crippen molar-refractivity contribution in [2.24, 2.45) is 0 Å². The number of anilines is 1. The number of carboxylic acids is 1. The van der Waals surface area contributed by atoms with Gasteiger partial charge in [0.2, 0.25) is 0 Å². The first-order valence-corrected chi connectivity index (χ1v) is 6.22. The Morgan fingerprint density at radius 3 is 2.74 bits per heavy atom. The third kappa shape index (κ3) is 3.51. The monoisotopic (exact) mass is 324 g/mol. The van der Waals surface area contributed by atoms with Crippen LogP contribution in [0.15, 0.2) is 41.0 Å². The van der Waals surface area contributed by atoms with E-state index in [1.807, 2.05) is 0 Å². The predicted octanol–water partition coefficient (Wildman–Crippen LogP) is 3.29. The van der Waals surface area contributed by atoms with Gasteiger partial charge in [-0.05, 0) is 30.3 Å². The van der Waals surface area contributed by atoms with Gasteiger partial charge in [-0.3, -0.25) is 4.98 Å². The maximum Gasteiger partial charge on any atom is 0.337 e. The lowest BCUT2D eigenvalue weighted by Crippen LogP contribution is -2.04. The lowest BCUT2D eigenvalue weighted by molar-refractivity contribution is 0.0696. The number of hydrogen-bond acceptors (Lipinski definition) is 3. The van der Waals surface area contributed by atoms with E-state index in [4.69, 9.17) is 5.11 Å². The highest BCUT2D eigenvalue weighted by molar-refractivity contribution is 9.10. The van der Waals surface area contributed by atoms with E-state index >= 15 is 0 Å². The molecule has 0 aliphatic carbocycles. The van der Waals surface area contributed by atoms with Crippen molar-refractivity contribution >= 4 is 27.6 Å². The van der Waals surface area contributed by atoms with E-state index in [1.54, 1.807) is 18.2 Å². The van der Waals surface area contributed by atoms with E-state index in [2.05, 4.69) is 26.2 Å². The number of nitrogens with zero attached hydrogens (tertiary/aromatic N) is 1. The molecule has 0 bridgehead atoms. The van der Waals surface area contributed by atoms with Gasteiger partial charge in [0.05, 0.1) is 23.5 Å². The highest BCUT2D eigenvalue weighted by atomic mass is 79.9. The molecule has 0 saturated carbocycles. The van der Waals surface area contributed by atoms with Crippen molar-refractivity contribution in [3.63, 3.8) is 0 Å². The topological polar surface area (TPSA) is 62.2 Å². The van der Waals surface area contributed by atoms with Crippen LogP contribution in [0.2, 0.25) is 0 Å². The summed E-state index contributed by atoms with van der Waals surface area (Å²) in [4.78, 5) is 14.6. The second-order valence-corrected chi connectivity index (χ2v) is 4.74. The van der Waals surface area contributed by atoms with Crippen molar-refractivity contribution < 1.29 is 14.3 Å². The molecule has 0 fully saturated rings. The van der Waals surface area contributed by atoms with Crippen molar-refractivity contribution in [2.75, 3.05) is 5.32 Å². The van der Waals surface area contributed by atoms with Crippen LogP contribution in [0.5, 0.6) is 0 Å². The molecule has 1 aromatic heterocycles. The molecule has 4 nitrogen and oxygen atoms in total. The number of carbonyl (C=O) groups is 1. The predicted molar refractivity (Wildman–Crippen MR) is 72.6 cm³/mol.